The molecule has 1 N–H and O–H groups in total. The van der Waals surface area contributed by atoms with Crippen LogP contribution in [0.2, 0.25) is 5.02 Å². The van der Waals surface area contributed by atoms with Crippen LogP contribution in [0, 0.1) is 0 Å². The molecule has 0 aliphatic rings. The lowest BCUT2D eigenvalue weighted by atomic mass is 10.3. The molecular weight excluding hydrogens is 152 g/mol. The van der Waals surface area contributed by atoms with Crippen LogP contribution in [0.3, 0.4) is 0 Å². The maximum atomic E-state index is 8.11. The second-order valence-corrected chi connectivity index (χ2v) is 2.12. The van der Waals surface area contributed by atoms with Gasteiger partial charge in [-0.05, 0) is 6.07 Å². The third-order valence-electron chi connectivity index (χ3n) is 0.933. The molecule has 1 aromatic rings. The molecule has 0 saturated heterocycles. The van der Waals surface area contributed by atoms with Crippen LogP contribution in [0.25, 0.3) is 0 Å². The zero-order chi connectivity index (χ0) is 7.40. The van der Waals surface area contributed by atoms with Gasteiger partial charge in [-0.3, -0.25) is 4.98 Å². The van der Waals surface area contributed by atoms with Crippen molar-refractivity contribution in [1.82, 2.24) is 4.98 Å². The van der Waals surface area contributed by atoms with E-state index in [0.717, 1.165) is 0 Å². The SMILES string of the molecule is O/N=C/c1cncc(Cl)c1. The second kappa shape index (κ2) is 3.17. The summed E-state index contributed by atoms with van der Waals surface area (Å²) in [5, 5.41) is 11.5. The number of halogens is 1. The van der Waals surface area contributed by atoms with E-state index < -0.39 is 0 Å². The maximum Gasteiger partial charge on any atom is 0.0749 e. The molecule has 0 aromatic carbocycles. The van der Waals surface area contributed by atoms with Crippen molar-refractivity contribution in [1.29, 1.82) is 0 Å². The van der Waals surface area contributed by atoms with Crippen LogP contribution in [0.15, 0.2) is 23.6 Å². The highest BCUT2D eigenvalue weighted by Crippen LogP contribution is 2.05. The normalized spacial score (nSPS) is 10.5. The molecule has 10 heavy (non-hydrogen) atoms. The van der Waals surface area contributed by atoms with Gasteiger partial charge in [0.1, 0.15) is 0 Å². The Kier molecular flexibility index (Phi) is 2.23. The minimum atomic E-state index is 0.525. The Morgan fingerprint density at radius 3 is 3.00 bits per heavy atom. The Balaban J connectivity index is 2.95. The van der Waals surface area contributed by atoms with Gasteiger partial charge in [-0.2, -0.15) is 0 Å². The van der Waals surface area contributed by atoms with Crippen molar-refractivity contribution < 1.29 is 5.21 Å². The lowest BCUT2D eigenvalue weighted by molar-refractivity contribution is 0.322. The number of aromatic nitrogens is 1. The monoisotopic (exact) mass is 156 g/mol. The first-order valence-corrected chi connectivity index (χ1v) is 2.98. The van der Waals surface area contributed by atoms with Gasteiger partial charge in [0.05, 0.1) is 11.2 Å². The molecule has 0 aliphatic carbocycles. The Bertz CT molecular complexity index is 249. The zero-order valence-electron chi connectivity index (χ0n) is 5.03. The topological polar surface area (TPSA) is 45.5 Å². The van der Waals surface area contributed by atoms with E-state index in [0.29, 0.717) is 10.6 Å². The first kappa shape index (κ1) is 7.02. The first-order valence-electron chi connectivity index (χ1n) is 2.61. The number of oxime groups is 1. The van der Waals surface area contributed by atoms with Gasteiger partial charge in [0.2, 0.25) is 0 Å². The van der Waals surface area contributed by atoms with E-state index in [1.54, 1.807) is 12.3 Å². The van der Waals surface area contributed by atoms with Gasteiger partial charge in [-0.1, -0.05) is 16.8 Å². The van der Waals surface area contributed by atoms with Crippen molar-refractivity contribution in [2.45, 2.75) is 0 Å². The quantitative estimate of drug-likeness (QED) is 0.381. The minimum Gasteiger partial charge on any atom is -0.411 e. The molecule has 1 rings (SSSR count). The van der Waals surface area contributed by atoms with Gasteiger partial charge in [-0.25, -0.2) is 0 Å². The predicted octanol–water partition coefficient (Wildman–Crippen LogP) is 1.54. The molecule has 52 valence electrons. The fourth-order valence-corrected chi connectivity index (χ4v) is 0.748. The summed E-state index contributed by atoms with van der Waals surface area (Å²) >= 11 is 5.57. The van der Waals surface area contributed by atoms with Gasteiger partial charge in [0, 0.05) is 18.0 Å². The van der Waals surface area contributed by atoms with Gasteiger partial charge in [-0.15, -0.1) is 0 Å². The second-order valence-electron chi connectivity index (χ2n) is 1.68. The third kappa shape index (κ3) is 1.70. The van der Waals surface area contributed by atoms with Crippen molar-refractivity contribution in [2.24, 2.45) is 5.16 Å². The number of nitrogens with zero attached hydrogens (tertiary/aromatic N) is 2. The molecule has 4 heteroatoms. The number of hydrogen-bond donors (Lipinski definition) is 1. The molecule has 1 aromatic heterocycles. The van der Waals surface area contributed by atoms with Crippen LogP contribution in [0.1, 0.15) is 5.56 Å². The van der Waals surface area contributed by atoms with E-state index in [2.05, 4.69) is 10.1 Å². The van der Waals surface area contributed by atoms with E-state index in [1.807, 2.05) is 0 Å². The lowest BCUT2D eigenvalue weighted by Crippen LogP contribution is -1.81. The average Bonchev–Trinajstić information content (AvgIpc) is 1.88. The molecule has 0 amide bonds. The maximum absolute atomic E-state index is 8.11. The van der Waals surface area contributed by atoms with Crippen molar-refractivity contribution >= 4 is 17.8 Å². The number of hydrogen-bond acceptors (Lipinski definition) is 3. The molecule has 0 saturated carbocycles. The highest BCUT2D eigenvalue weighted by molar-refractivity contribution is 6.30. The smallest absolute Gasteiger partial charge is 0.0749 e. The van der Waals surface area contributed by atoms with E-state index in [1.165, 1.54) is 12.4 Å². The van der Waals surface area contributed by atoms with Gasteiger partial charge < -0.3 is 5.21 Å². The fourth-order valence-electron chi connectivity index (χ4n) is 0.566. The standard InChI is InChI=1S/C6H5ClN2O/c7-6-1-5(3-9-10)2-8-4-6/h1-4,10H/b9-3+. The molecule has 0 unspecified atom stereocenters. The van der Waals surface area contributed by atoms with Crippen molar-refractivity contribution in [3.05, 3.63) is 29.0 Å². The van der Waals surface area contributed by atoms with Crippen molar-refractivity contribution in [3.63, 3.8) is 0 Å². The molecule has 0 spiro atoms. The van der Waals surface area contributed by atoms with Gasteiger partial charge in [0.15, 0.2) is 0 Å². The van der Waals surface area contributed by atoms with Crippen LogP contribution < -0.4 is 0 Å². The number of pyridine rings is 1. The van der Waals surface area contributed by atoms with Crippen LogP contribution in [-0.4, -0.2) is 16.4 Å². The summed E-state index contributed by atoms with van der Waals surface area (Å²) < 4.78 is 0. The zero-order valence-corrected chi connectivity index (χ0v) is 5.78. The van der Waals surface area contributed by atoms with Crippen molar-refractivity contribution in [3.8, 4) is 0 Å². The number of rotatable bonds is 1. The van der Waals surface area contributed by atoms with Crippen LogP contribution in [0.4, 0.5) is 0 Å². The average molecular weight is 157 g/mol. The summed E-state index contributed by atoms with van der Waals surface area (Å²) in [5.74, 6) is 0. The molecule has 0 fully saturated rings. The molecule has 0 radical (unpaired) electrons. The summed E-state index contributed by atoms with van der Waals surface area (Å²) in [5.41, 5.74) is 0.676. The van der Waals surface area contributed by atoms with E-state index in [9.17, 15) is 0 Å². The van der Waals surface area contributed by atoms with Gasteiger partial charge in [0.25, 0.3) is 0 Å². The summed E-state index contributed by atoms with van der Waals surface area (Å²) in [7, 11) is 0. The van der Waals surface area contributed by atoms with Crippen molar-refractivity contribution in [2.75, 3.05) is 0 Å². The molecule has 1 heterocycles. The molecule has 0 bridgehead atoms. The van der Waals surface area contributed by atoms with Crippen LogP contribution in [0.5, 0.6) is 0 Å². The first-order chi connectivity index (χ1) is 4.83. The highest BCUT2D eigenvalue weighted by atomic mass is 35.5. The molecule has 0 aliphatic heterocycles. The van der Waals surface area contributed by atoms with Gasteiger partial charge >= 0.3 is 0 Å². The van der Waals surface area contributed by atoms with E-state index >= 15 is 0 Å². The summed E-state index contributed by atoms with van der Waals surface area (Å²) in [4.78, 5) is 3.77. The minimum absolute atomic E-state index is 0.525. The lowest BCUT2D eigenvalue weighted by Gasteiger charge is -1.89. The molecule has 3 nitrogen and oxygen atoms in total. The van der Waals surface area contributed by atoms with E-state index in [-0.39, 0.29) is 0 Å². The molecule has 0 atom stereocenters. The third-order valence-corrected chi connectivity index (χ3v) is 1.14. The summed E-state index contributed by atoms with van der Waals surface area (Å²) in [6, 6.07) is 1.65. The fraction of sp³-hybridized carbons (Fsp3) is 0. The largest absolute Gasteiger partial charge is 0.411 e. The Morgan fingerprint density at radius 2 is 2.40 bits per heavy atom. The Labute approximate surface area is 63.0 Å². The van der Waals surface area contributed by atoms with Crippen LogP contribution in [-0.2, 0) is 0 Å². The summed E-state index contributed by atoms with van der Waals surface area (Å²) in [6.45, 7) is 0. The summed E-state index contributed by atoms with van der Waals surface area (Å²) in [6.07, 6.45) is 4.32. The Hall–Kier alpha value is -1.09. The Morgan fingerprint density at radius 1 is 1.60 bits per heavy atom. The molecular formula is C6H5ClN2O. The highest BCUT2D eigenvalue weighted by Gasteiger charge is 1.89. The van der Waals surface area contributed by atoms with E-state index in [4.69, 9.17) is 16.8 Å². The van der Waals surface area contributed by atoms with Crippen LogP contribution >= 0.6 is 11.6 Å². The predicted molar refractivity (Wildman–Crippen MR) is 38.6 cm³/mol.